The first-order chi connectivity index (χ1) is 24.8. The Morgan fingerprint density at radius 2 is 0.800 bits per heavy atom. The Kier molecular flexibility index (Phi) is 31.0. The Morgan fingerprint density at radius 3 is 1.18 bits per heavy atom. The largest absolute Gasteiger partial charge is 0.374 e. The summed E-state index contributed by atoms with van der Waals surface area (Å²) in [5, 5.41) is 0. The second kappa shape index (κ2) is 34.7. The van der Waals surface area contributed by atoms with E-state index in [9.17, 15) is 0 Å². The molecule has 0 N–H and O–H groups in total. The molecule has 50 heavy (non-hydrogen) atoms. The van der Waals surface area contributed by atoms with Crippen LogP contribution in [0.3, 0.4) is 0 Å². The summed E-state index contributed by atoms with van der Waals surface area (Å²) in [6.07, 6.45) is 47.7. The van der Waals surface area contributed by atoms with Gasteiger partial charge in [-0.05, 0) is 69.8 Å². The van der Waals surface area contributed by atoms with Gasteiger partial charge in [0.25, 0.3) is 0 Å². The lowest BCUT2D eigenvalue weighted by Gasteiger charge is -2.20. The quantitative estimate of drug-likeness (QED) is 0.0516. The molecule has 3 heteroatoms. The minimum Gasteiger partial charge on any atom is -0.374 e. The molecule has 3 nitrogen and oxygen atoms in total. The second-order valence-electron chi connectivity index (χ2n) is 15.4. The van der Waals surface area contributed by atoms with Crippen LogP contribution in [0.2, 0.25) is 0 Å². The summed E-state index contributed by atoms with van der Waals surface area (Å²) < 4.78 is 13.0. The van der Waals surface area contributed by atoms with Gasteiger partial charge in [-0.3, -0.25) is 4.90 Å². The first-order valence-electron chi connectivity index (χ1n) is 22.1. The number of hydrogen-bond donors (Lipinski definition) is 0. The molecule has 1 heterocycles. The highest BCUT2D eigenvalue weighted by atomic mass is 16.5. The van der Waals surface area contributed by atoms with E-state index in [1.807, 2.05) is 0 Å². The summed E-state index contributed by atoms with van der Waals surface area (Å²) >= 11 is 0. The number of ether oxygens (including phenoxy) is 2. The standard InChI is InChI=1S/C47H83NO2/c1-3-5-7-9-11-13-15-17-19-21-23-25-27-29-31-36-40-49-46-43-48(42-45-38-34-33-35-39-45)44-47(46)50-41-37-32-30-28-26-24-22-20-18-16-14-12-10-8-6-4-2/h17-20,33-35,38-39,46-47H,3-16,21-32,36-37,40-44H2,1-2H3/t46-,47-/m1/s1. The Labute approximate surface area is 312 Å². The zero-order valence-electron chi connectivity index (χ0n) is 33.4. The van der Waals surface area contributed by atoms with Gasteiger partial charge in [-0.15, -0.1) is 0 Å². The van der Waals surface area contributed by atoms with E-state index in [4.69, 9.17) is 9.47 Å². The molecule has 288 valence electrons. The topological polar surface area (TPSA) is 21.7 Å². The average molecular weight is 694 g/mol. The van der Waals surface area contributed by atoms with E-state index < -0.39 is 0 Å². The van der Waals surface area contributed by atoms with Gasteiger partial charge in [0, 0.05) is 32.8 Å². The van der Waals surface area contributed by atoms with Crippen molar-refractivity contribution in [3.63, 3.8) is 0 Å². The molecule has 0 spiro atoms. The number of hydrogen-bond acceptors (Lipinski definition) is 3. The van der Waals surface area contributed by atoms with E-state index in [1.165, 1.54) is 185 Å². The molecule has 1 aromatic carbocycles. The zero-order valence-corrected chi connectivity index (χ0v) is 33.4. The van der Waals surface area contributed by atoms with Crippen molar-refractivity contribution < 1.29 is 9.47 Å². The van der Waals surface area contributed by atoms with E-state index in [1.54, 1.807) is 0 Å². The van der Waals surface area contributed by atoms with Crippen LogP contribution in [0.5, 0.6) is 0 Å². The third-order valence-corrected chi connectivity index (χ3v) is 10.5. The van der Waals surface area contributed by atoms with Crippen LogP contribution in [0.15, 0.2) is 54.6 Å². The van der Waals surface area contributed by atoms with Gasteiger partial charge in [0.15, 0.2) is 0 Å². The maximum Gasteiger partial charge on any atom is 0.0975 e. The lowest BCUT2D eigenvalue weighted by Crippen LogP contribution is -2.30. The molecule has 0 amide bonds. The molecule has 1 saturated heterocycles. The summed E-state index contributed by atoms with van der Waals surface area (Å²) in [5.74, 6) is 0. The van der Waals surface area contributed by atoms with Crippen LogP contribution < -0.4 is 0 Å². The van der Waals surface area contributed by atoms with Gasteiger partial charge in [-0.1, -0.05) is 184 Å². The van der Waals surface area contributed by atoms with Crippen molar-refractivity contribution in [3.05, 3.63) is 60.2 Å². The molecule has 2 rings (SSSR count). The molecule has 0 aromatic heterocycles. The number of rotatable bonds is 36. The fourth-order valence-electron chi connectivity index (χ4n) is 7.28. The third kappa shape index (κ3) is 26.4. The van der Waals surface area contributed by atoms with Crippen molar-refractivity contribution in [3.8, 4) is 0 Å². The molecule has 0 saturated carbocycles. The molecule has 1 aliphatic heterocycles. The van der Waals surface area contributed by atoms with Crippen LogP contribution in [0, 0.1) is 0 Å². The van der Waals surface area contributed by atoms with Gasteiger partial charge < -0.3 is 9.47 Å². The van der Waals surface area contributed by atoms with E-state index in [-0.39, 0.29) is 12.2 Å². The van der Waals surface area contributed by atoms with Gasteiger partial charge in [-0.25, -0.2) is 0 Å². The average Bonchev–Trinajstić information content (AvgIpc) is 3.51. The van der Waals surface area contributed by atoms with Crippen LogP contribution in [-0.2, 0) is 16.0 Å². The van der Waals surface area contributed by atoms with E-state index in [2.05, 4.69) is 73.4 Å². The minimum atomic E-state index is 0.205. The van der Waals surface area contributed by atoms with Crippen LogP contribution in [0.4, 0.5) is 0 Å². The summed E-state index contributed by atoms with van der Waals surface area (Å²) in [5.41, 5.74) is 1.38. The van der Waals surface area contributed by atoms with Gasteiger partial charge >= 0.3 is 0 Å². The molecular formula is C47H83NO2. The Balaban J connectivity index is 1.49. The molecular weight excluding hydrogens is 611 g/mol. The molecule has 0 unspecified atom stereocenters. The number of nitrogens with zero attached hydrogens (tertiary/aromatic N) is 1. The predicted octanol–water partition coefficient (Wildman–Crippen LogP) is 14.3. The summed E-state index contributed by atoms with van der Waals surface area (Å²) in [7, 11) is 0. The molecule has 0 bridgehead atoms. The molecule has 2 atom stereocenters. The monoisotopic (exact) mass is 694 g/mol. The summed E-state index contributed by atoms with van der Waals surface area (Å²) in [6.45, 7) is 9.29. The van der Waals surface area contributed by atoms with Crippen LogP contribution >= 0.6 is 0 Å². The van der Waals surface area contributed by atoms with E-state index in [0.717, 1.165) is 32.8 Å². The maximum absolute atomic E-state index is 6.50. The first-order valence-corrected chi connectivity index (χ1v) is 22.1. The SMILES string of the molecule is CCCCCCCCC=CCCCCCCCCO[C@@H]1CN(Cc2ccccc2)C[C@H]1OCCCCCCCCC=CCCCCCCCC. The Bertz CT molecular complexity index is 830. The molecule has 1 fully saturated rings. The highest BCUT2D eigenvalue weighted by Gasteiger charge is 2.34. The van der Waals surface area contributed by atoms with Crippen molar-refractivity contribution in [2.75, 3.05) is 26.3 Å². The Morgan fingerprint density at radius 1 is 0.460 bits per heavy atom. The summed E-state index contributed by atoms with van der Waals surface area (Å²) in [4.78, 5) is 2.54. The number of allylic oxidation sites excluding steroid dienone is 4. The first kappa shape index (κ1) is 44.7. The molecule has 0 radical (unpaired) electrons. The van der Waals surface area contributed by atoms with Crippen LogP contribution in [0.1, 0.15) is 199 Å². The van der Waals surface area contributed by atoms with Crippen molar-refractivity contribution in [1.29, 1.82) is 0 Å². The lowest BCUT2D eigenvalue weighted by atomic mass is 10.1. The van der Waals surface area contributed by atoms with Crippen LogP contribution in [0.25, 0.3) is 0 Å². The van der Waals surface area contributed by atoms with Crippen molar-refractivity contribution in [2.24, 2.45) is 0 Å². The van der Waals surface area contributed by atoms with Crippen molar-refractivity contribution in [2.45, 2.75) is 212 Å². The van der Waals surface area contributed by atoms with Gasteiger partial charge in [-0.2, -0.15) is 0 Å². The van der Waals surface area contributed by atoms with Gasteiger partial charge in [0.2, 0.25) is 0 Å². The Hall–Kier alpha value is -1.42. The summed E-state index contributed by atoms with van der Waals surface area (Å²) in [6, 6.07) is 10.9. The predicted molar refractivity (Wildman–Crippen MR) is 220 cm³/mol. The molecule has 0 aliphatic carbocycles. The minimum absolute atomic E-state index is 0.205. The fourth-order valence-corrected chi connectivity index (χ4v) is 7.28. The highest BCUT2D eigenvalue weighted by Crippen LogP contribution is 2.21. The zero-order chi connectivity index (χ0) is 35.4. The fraction of sp³-hybridized carbons (Fsp3) is 0.787. The van der Waals surface area contributed by atoms with E-state index >= 15 is 0 Å². The highest BCUT2D eigenvalue weighted by molar-refractivity contribution is 5.14. The van der Waals surface area contributed by atoms with Gasteiger partial charge in [0.05, 0.1) is 12.2 Å². The maximum atomic E-state index is 6.50. The second-order valence-corrected chi connectivity index (χ2v) is 15.4. The number of benzene rings is 1. The number of unbranched alkanes of at least 4 members (excludes halogenated alkanes) is 24. The third-order valence-electron chi connectivity index (χ3n) is 10.5. The normalized spacial score (nSPS) is 16.8. The molecule has 1 aromatic rings. The van der Waals surface area contributed by atoms with Crippen molar-refractivity contribution >= 4 is 0 Å². The van der Waals surface area contributed by atoms with Gasteiger partial charge in [0.1, 0.15) is 0 Å². The van der Waals surface area contributed by atoms with E-state index in [0.29, 0.717) is 0 Å². The molecule has 1 aliphatic rings. The van der Waals surface area contributed by atoms with Crippen LogP contribution in [-0.4, -0.2) is 43.4 Å². The lowest BCUT2D eigenvalue weighted by molar-refractivity contribution is -0.0481. The number of likely N-dealkylation sites (tertiary alicyclic amines) is 1. The smallest absolute Gasteiger partial charge is 0.0975 e. The van der Waals surface area contributed by atoms with Crippen molar-refractivity contribution in [1.82, 2.24) is 4.90 Å².